The molecule has 0 spiro atoms. The average molecular weight is 332 g/mol. The number of benzene rings is 1. The van der Waals surface area contributed by atoms with Crippen LogP contribution >= 0.6 is 11.3 Å². The van der Waals surface area contributed by atoms with Gasteiger partial charge in [-0.1, -0.05) is 37.3 Å². The van der Waals surface area contributed by atoms with Crippen molar-refractivity contribution < 1.29 is 14.7 Å². The molecule has 0 fully saturated rings. The molecule has 6 heteroatoms. The minimum atomic E-state index is -0.873. The van der Waals surface area contributed by atoms with Gasteiger partial charge in [-0.05, 0) is 25.3 Å². The lowest BCUT2D eigenvalue weighted by molar-refractivity contribution is -0.137. The van der Waals surface area contributed by atoms with Crippen molar-refractivity contribution in [3.05, 3.63) is 51.5 Å². The number of aryl methyl sites for hydroxylation is 2. The van der Waals surface area contributed by atoms with Crippen molar-refractivity contribution in [2.45, 2.75) is 39.2 Å². The summed E-state index contributed by atoms with van der Waals surface area (Å²) in [4.78, 5) is 28.4. The maximum absolute atomic E-state index is 12.5. The number of hydrogen-bond donors (Lipinski definition) is 2. The first-order chi connectivity index (χ1) is 11.0. The number of carbonyl (C=O) groups is 2. The molecule has 1 heterocycles. The van der Waals surface area contributed by atoms with Crippen LogP contribution in [0.15, 0.2) is 30.3 Å². The van der Waals surface area contributed by atoms with E-state index in [2.05, 4.69) is 10.3 Å². The molecule has 1 aromatic carbocycles. The Hall–Kier alpha value is -2.21. The summed E-state index contributed by atoms with van der Waals surface area (Å²) in [5.41, 5.74) is 1.62. The molecule has 1 aromatic heterocycles. The first kappa shape index (κ1) is 17.1. The van der Waals surface area contributed by atoms with Crippen LogP contribution in [0.25, 0.3) is 0 Å². The summed E-state index contributed by atoms with van der Waals surface area (Å²) in [5.74, 6) is -1.07. The summed E-state index contributed by atoms with van der Waals surface area (Å²) in [6, 6.07) is 9.10. The van der Waals surface area contributed by atoms with E-state index >= 15 is 0 Å². The number of hydrogen-bond acceptors (Lipinski definition) is 4. The van der Waals surface area contributed by atoms with E-state index in [9.17, 15) is 9.59 Å². The van der Waals surface area contributed by atoms with E-state index in [4.69, 9.17) is 5.11 Å². The molecule has 2 N–H and O–H groups in total. The Kier molecular flexibility index (Phi) is 5.87. The number of nitrogens with zero attached hydrogens (tertiary/aromatic N) is 1. The summed E-state index contributed by atoms with van der Waals surface area (Å²) < 4.78 is 0. The number of aromatic nitrogens is 1. The van der Waals surface area contributed by atoms with Crippen LogP contribution in [0.2, 0.25) is 0 Å². The van der Waals surface area contributed by atoms with E-state index in [0.29, 0.717) is 11.3 Å². The number of carboxylic acid groups (broad SMARTS) is 1. The van der Waals surface area contributed by atoms with Gasteiger partial charge in [0.2, 0.25) is 0 Å². The molecule has 5 nitrogen and oxygen atoms in total. The summed E-state index contributed by atoms with van der Waals surface area (Å²) >= 11 is 1.39. The fourth-order valence-electron chi connectivity index (χ4n) is 2.31. The highest BCUT2D eigenvalue weighted by molar-refractivity contribution is 7.13. The smallest absolute Gasteiger partial charge is 0.303 e. The number of rotatable bonds is 7. The molecule has 0 aliphatic rings. The Morgan fingerprint density at radius 3 is 2.57 bits per heavy atom. The van der Waals surface area contributed by atoms with E-state index in [-0.39, 0.29) is 18.4 Å². The maximum atomic E-state index is 12.5. The van der Waals surface area contributed by atoms with Crippen LogP contribution in [-0.2, 0) is 11.2 Å². The van der Waals surface area contributed by atoms with Gasteiger partial charge in [-0.25, -0.2) is 4.98 Å². The fourth-order valence-corrected chi connectivity index (χ4v) is 3.22. The predicted molar refractivity (Wildman–Crippen MR) is 89.7 cm³/mol. The normalized spacial score (nSPS) is 11.9. The first-order valence-corrected chi connectivity index (χ1v) is 8.36. The third-order valence-corrected chi connectivity index (χ3v) is 4.80. The van der Waals surface area contributed by atoms with Crippen molar-refractivity contribution in [3.8, 4) is 0 Å². The zero-order valence-corrected chi connectivity index (χ0v) is 14.0. The number of nitrogens with one attached hydrogen (secondary N) is 1. The van der Waals surface area contributed by atoms with Crippen molar-refractivity contribution >= 4 is 23.2 Å². The molecule has 0 radical (unpaired) electrons. The van der Waals surface area contributed by atoms with Crippen LogP contribution in [0, 0.1) is 6.92 Å². The molecule has 0 aliphatic carbocycles. The Labute approximate surface area is 139 Å². The Morgan fingerprint density at radius 2 is 2.00 bits per heavy atom. The van der Waals surface area contributed by atoms with E-state index < -0.39 is 5.97 Å². The van der Waals surface area contributed by atoms with Gasteiger partial charge in [0, 0.05) is 6.42 Å². The number of carboxylic acids is 1. The van der Waals surface area contributed by atoms with Gasteiger partial charge in [-0.15, -0.1) is 11.3 Å². The Bertz CT molecular complexity index is 682. The molecule has 23 heavy (non-hydrogen) atoms. The summed E-state index contributed by atoms with van der Waals surface area (Å²) in [6.45, 7) is 3.82. The van der Waals surface area contributed by atoms with Crippen LogP contribution in [0.3, 0.4) is 0 Å². The van der Waals surface area contributed by atoms with E-state index in [1.165, 1.54) is 11.3 Å². The summed E-state index contributed by atoms with van der Waals surface area (Å²) in [5, 5.41) is 12.8. The molecular formula is C17H20N2O3S. The molecule has 2 rings (SSSR count). The van der Waals surface area contributed by atoms with Crippen LogP contribution in [0.5, 0.6) is 0 Å². The maximum Gasteiger partial charge on any atom is 0.303 e. The second-order valence-corrected chi connectivity index (χ2v) is 6.33. The van der Waals surface area contributed by atoms with Crippen molar-refractivity contribution in [2.75, 3.05) is 0 Å². The van der Waals surface area contributed by atoms with Crippen LogP contribution in [0.1, 0.15) is 51.7 Å². The Balaban J connectivity index is 2.17. The molecule has 2 aromatic rings. The number of carbonyl (C=O) groups excluding carboxylic acids is 1. The molecule has 0 saturated heterocycles. The van der Waals surface area contributed by atoms with Crippen molar-refractivity contribution in [3.63, 3.8) is 0 Å². The summed E-state index contributed by atoms with van der Waals surface area (Å²) in [6.07, 6.45) is 1.14. The lowest BCUT2D eigenvalue weighted by Crippen LogP contribution is -2.29. The van der Waals surface area contributed by atoms with Gasteiger partial charge < -0.3 is 10.4 Å². The molecule has 0 aliphatic heterocycles. The molecule has 1 unspecified atom stereocenters. The van der Waals surface area contributed by atoms with Gasteiger partial charge >= 0.3 is 5.97 Å². The molecule has 1 atom stereocenters. The zero-order valence-electron chi connectivity index (χ0n) is 13.2. The molecule has 0 saturated carbocycles. The average Bonchev–Trinajstić information content (AvgIpc) is 2.93. The molecular weight excluding hydrogens is 312 g/mol. The standard InChI is InChI=1S/C17H20N2O3S/c1-3-14-18-11(2)16(23-14)17(22)19-13(9-10-15(20)21)12-7-5-4-6-8-12/h4-8,13H,3,9-10H2,1-2H3,(H,19,22)(H,20,21). The van der Waals surface area contributed by atoms with Crippen LogP contribution < -0.4 is 5.32 Å². The van der Waals surface area contributed by atoms with Gasteiger partial charge in [0.1, 0.15) is 4.88 Å². The second-order valence-electron chi connectivity index (χ2n) is 5.24. The highest BCUT2D eigenvalue weighted by Gasteiger charge is 2.20. The molecule has 1 amide bonds. The third kappa shape index (κ3) is 4.63. The van der Waals surface area contributed by atoms with E-state index in [1.807, 2.05) is 44.2 Å². The monoisotopic (exact) mass is 332 g/mol. The van der Waals surface area contributed by atoms with Gasteiger partial charge in [0.25, 0.3) is 5.91 Å². The lowest BCUT2D eigenvalue weighted by atomic mass is 10.0. The van der Waals surface area contributed by atoms with Crippen molar-refractivity contribution in [2.24, 2.45) is 0 Å². The number of aliphatic carboxylic acids is 1. The van der Waals surface area contributed by atoms with Crippen LogP contribution in [0.4, 0.5) is 0 Å². The SMILES string of the molecule is CCc1nc(C)c(C(=O)NC(CCC(=O)O)c2ccccc2)s1. The number of amides is 1. The quantitative estimate of drug-likeness (QED) is 0.815. The minimum Gasteiger partial charge on any atom is -0.481 e. The topological polar surface area (TPSA) is 79.3 Å². The minimum absolute atomic E-state index is 0.00171. The van der Waals surface area contributed by atoms with Crippen LogP contribution in [-0.4, -0.2) is 22.0 Å². The fraction of sp³-hybridized carbons (Fsp3) is 0.353. The van der Waals surface area contributed by atoms with Crippen molar-refractivity contribution in [1.29, 1.82) is 0 Å². The molecule has 0 bridgehead atoms. The summed E-state index contributed by atoms with van der Waals surface area (Å²) in [7, 11) is 0. The lowest BCUT2D eigenvalue weighted by Gasteiger charge is -2.18. The van der Waals surface area contributed by atoms with Gasteiger partial charge in [0.05, 0.1) is 16.7 Å². The molecule has 122 valence electrons. The van der Waals surface area contributed by atoms with Gasteiger partial charge in [-0.2, -0.15) is 0 Å². The third-order valence-electron chi connectivity index (χ3n) is 3.50. The largest absolute Gasteiger partial charge is 0.481 e. The van der Waals surface area contributed by atoms with E-state index in [1.54, 1.807) is 0 Å². The zero-order chi connectivity index (χ0) is 16.8. The predicted octanol–water partition coefficient (Wildman–Crippen LogP) is 3.35. The van der Waals surface area contributed by atoms with Crippen molar-refractivity contribution in [1.82, 2.24) is 10.3 Å². The van der Waals surface area contributed by atoms with E-state index in [0.717, 1.165) is 22.7 Å². The van der Waals surface area contributed by atoms with Gasteiger partial charge in [-0.3, -0.25) is 9.59 Å². The Morgan fingerprint density at radius 1 is 1.30 bits per heavy atom. The number of thiazole rings is 1. The highest BCUT2D eigenvalue weighted by Crippen LogP contribution is 2.22. The highest BCUT2D eigenvalue weighted by atomic mass is 32.1. The first-order valence-electron chi connectivity index (χ1n) is 7.55. The second kappa shape index (κ2) is 7.87. The van der Waals surface area contributed by atoms with Gasteiger partial charge in [0.15, 0.2) is 0 Å².